The molecule has 0 bridgehead atoms. The smallest absolute Gasteiger partial charge is 0.0527 e. The lowest BCUT2D eigenvalue weighted by Gasteiger charge is -2.23. The first kappa shape index (κ1) is 10.9. The first-order valence-corrected chi connectivity index (χ1v) is 4.89. The minimum Gasteiger partial charge on any atom is -0.307 e. The third kappa shape index (κ3) is 3.23. The predicted octanol–water partition coefficient (Wildman–Crippen LogP) is -0.354. The minimum atomic E-state index is 0.697. The van der Waals surface area contributed by atoms with Gasteiger partial charge in [0, 0.05) is 19.3 Å². The average Bonchev–Trinajstić information content (AvgIpc) is 2.31. The van der Waals surface area contributed by atoms with Crippen LogP contribution in [0.3, 0.4) is 0 Å². The Bertz CT molecular complexity index is 141. The number of nitrogens with zero attached hydrogens (tertiary/aromatic N) is 3. The summed E-state index contributed by atoms with van der Waals surface area (Å²) in [6.07, 6.45) is 0. The molecule has 0 aromatic carbocycles. The van der Waals surface area contributed by atoms with Crippen molar-refractivity contribution in [2.24, 2.45) is 0 Å². The van der Waals surface area contributed by atoms with E-state index >= 15 is 0 Å². The van der Waals surface area contributed by atoms with Crippen molar-refractivity contribution in [2.75, 3.05) is 47.7 Å². The second-order valence-electron chi connectivity index (χ2n) is 4.11. The average molecular weight is 186 g/mol. The lowest BCUT2D eigenvalue weighted by atomic mass is 10.3. The molecule has 1 atom stereocenters. The molecule has 1 saturated heterocycles. The van der Waals surface area contributed by atoms with Crippen molar-refractivity contribution in [2.45, 2.75) is 13.0 Å². The molecule has 1 aliphatic heterocycles. The van der Waals surface area contributed by atoms with Crippen molar-refractivity contribution >= 4 is 0 Å². The van der Waals surface area contributed by atoms with Crippen LogP contribution in [0.2, 0.25) is 0 Å². The van der Waals surface area contributed by atoms with E-state index in [2.05, 4.69) is 41.0 Å². The normalized spacial score (nSPS) is 26.1. The number of nitrogens with one attached hydrogen (secondary N) is 1. The van der Waals surface area contributed by atoms with Crippen molar-refractivity contribution < 1.29 is 0 Å². The van der Waals surface area contributed by atoms with Gasteiger partial charge in [0.25, 0.3) is 0 Å². The van der Waals surface area contributed by atoms with E-state index in [1.165, 1.54) is 6.54 Å². The summed E-state index contributed by atoms with van der Waals surface area (Å²) in [6, 6.07) is 0.697. The molecule has 0 aromatic rings. The van der Waals surface area contributed by atoms with Gasteiger partial charge in [-0.3, -0.25) is 14.7 Å². The topological polar surface area (TPSA) is 21.8 Å². The van der Waals surface area contributed by atoms with Gasteiger partial charge >= 0.3 is 0 Å². The zero-order valence-electron chi connectivity index (χ0n) is 9.25. The molecule has 0 radical (unpaired) electrons. The first-order chi connectivity index (χ1) is 6.13. The van der Waals surface area contributed by atoms with Crippen LogP contribution in [-0.4, -0.2) is 68.4 Å². The van der Waals surface area contributed by atoms with E-state index in [0.29, 0.717) is 6.04 Å². The van der Waals surface area contributed by atoms with Crippen LogP contribution in [0.5, 0.6) is 0 Å². The van der Waals surface area contributed by atoms with Gasteiger partial charge in [0.15, 0.2) is 0 Å². The van der Waals surface area contributed by atoms with Crippen LogP contribution < -0.4 is 5.32 Å². The van der Waals surface area contributed by atoms with Crippen molar-refractivity contribution in [3.05, 3.63) is 0 Å². The van der Waals surface area contributed by atoms with E-state index in [4.69, 9.17) is 0 Å². The van der Waals surface area contributed by atoms with E-state index in [1.54, 1.807) is 0 Å². The van der Waals surface area contributed by atoms with Crippen LogP contribution in [0, 0.1) is 0 Å². The summed E-state index contributed by atoms with van der Waals surface area (Å²) in [5, 5.41) is 3.15. The van der Waals surface area contributed by atoms with E-state index in [-0.39, 0.29) is 0 Å². The summed E-state index contributed by atoms with van der Waals surface area (Å²) < 4.78 is 0. The molecule has 1 fully saturated rings. The number of rotatable bonds is 4. The highest BCUT2D eigenvalue weighted by Gasteiger charge is 2.23. The first-order valence-electron chi connectivity index (χ1n) is 4.89. The van der Waals surface area contributed by atoms with Crippen LogP contribution in [0.15, 0.2) is 0 Å². The third-order valence-corrected chi connectivity index (χ3v) is 2.57. The van der Waals surface area contributed by atoms with Crippen molar-refractivity contribution in [3.63, 3.8) is 0 Å². The highest BCUT2D eigenvalue weighted by atomic mass is 15.4. The van der Waals surface area contributed by atoms with Crippen LogP contribution >= 0.6 is 0 Å². The maximum absolute atomic E-state index is 3.15. The Balaban J connectivity index is 2.23. The largest absolute Gasteiger partial charge is 0.307 e. The van der Waals surface area contributed by atoms with E-state index in [9.17, 15) is 0 Å². The highest BCUT2D eigenvalue weighted by molar-refractivity contribution is 4.75. The Morgan fingerprint density at radius 1 is 1.54 bits per heavy atom. The summed E-state index contributed by atoms with van der Waals surface area (Å²) >= 11 is 0. The van der Waals surface area contributed by atoms with Crippen molar-refractivity contribution in [3.8, 4) is 0 Å². The maximum Gasteiger partial charge on any atom is 0.0527 e. The molecule has 4 nitrogen and oxygen atoms in total. The predicted molar refractivity (Wildman–Crippen MR) is 55.4 cm³/mol. The zero-order chi connectivity index (χ0) is 9.84. The lowest BCUT2D eigenvalue weighted by Crippen LogP contribution is -2.39. The Labute approximate surface area is 81.5 Å². The monoisotopic (exact) mass is 186 g/mol. The van der Waals surface area contributed by atoms with Gasteiger partial charge in [0.1, 0.15) is 0 Å². The van der Waals surface area contributed by atoms with Crippen LogP contribution in [-0.2, 0) is 0 Å². The summed E-state index contributed by atoms with van der Waals surface area (Å²) in [5.41, 5.74) is 0. The quantitative estimate of drug-likeness (QED) is 0.606. The highest BCUT2D eigenvalue weighted by Crippen LogP contribution is 2.09. The van der Waals surface area contributed by atoms with Gasteiger partial charge in [0.05, 0.1) is 13.3 Å². The molecule has 1 aliphatic rings. The molecule has 0 amide bonds. The van der Waals surface area contributed by atoms with Crippen LogP contribution in [0.25, 0.3) is 0 Å². The van der Waals surface area contributed by atoms with Gasteiger partial charge in [-0.2, -0.15) is 0 Å². The second-order valence-corrected chi connectivity index (χ2v) is 4.11. The number of likely N-dealkylation sites (N-methyl/N-ethyl adjacent to an activating group) is 1. The van der Waals surface area contributed by atoms with Gasteiger partial charge in [-0.25, -0.2) is 0 Å². The standard InChI is InChI=1S/C9H22N4/c1-9-5-13(8-12(9)4)7-11(3)6-10-2/h9-10H,5-8H2,1-4H3. The van der Waals surface area contributed by atoms with E-state index in [1.807, 2.05) is 7.05 Å². The molecule has 78 valence electrons. The Morgan fingerprint density at radius 3 is 2.69 bits per heavy atom. The molecule has 13 heavy (non-hydrogen) atoms. The summed E-state index contributed by atoms with van der Waals surface area (Å²) in [6.45, 7) is 6.56. The lowest BCUT2D eigenvalue weighted by molar-refractivity contribution is 0.157. The third-order valence-electron chi connectivity index (χ3n) is 2.57. The second kappa shape index (κ2) is 4.91. The molecule has 1 rings (SSSR count). The zero-order valence-corrected chi connectivity index (χ0v) is 9.25. The van der Waals surface area contributed by atoms with Crippen molar-refractivity contribution in [1.82, 2.24) is 20.0 Å². The number of hydrogen-bond acceptors (Lipinski definition) is 4. The fraction of sp³-hybridized carbons (Fsp3) is 1.00. The molecule has 4 heteroatoms. The van der Waals surface area contributed by atoms with Gasteiger partial charge in [-0.1, -0.05) is 0 Å². The molecule has 1 N–H and O–H groups in total. The van der Waals surface area contributed by atoms with Crippen LogP contribution in [0.1, 0.15) is 6.92 Å². The van der Waals surface area contributed by atoms with Crippen molar-refractivity contribution in [1.29, 1.82) is 0 Å². The van der Waals surface area contributed by atoms with Gasteiger partial charge < -0.3 is 5.32 Å². The SMILES string of the molecule is CNCN(C)CN1CC(C)N(C)C1. The summed E-state index contributed by atoms with van der Waals surface area (Å²) in [4.78, 5) is 7.13. The Kier molecular flexibility index (Phi) is 4.12. The summed E-state index contributed by atoms with van der Waals surface area (Å²) in [5.74, 6) is 0. The Morgan fingerprint density at radius 2 is 2.23 bits per heavy atom. The number of hydrogen-bond donors (Lipinski definition) is 1. The minimum absolute atomic E-state index is 0.697. The van der Waals surface area contributed by atoms with Crippen LogP contribution in [0.4, 0.5) is 0 Å². The maximum atomic E-state index is 3.15. The molecule has 0 saturated carbocycles. The van der Waals surface area contributed by atoms with Gasteiger partial charge in [0.2, 0.25) is 0 Å². The Hall–Kier alpha value is -0.160. The van der Waals surface area contributed by atoms with E-state index < -0.39 is 0 Å². The van der Waals surface area contributed by atoms with E-state index in [0.717, 1.165) is 20.0 Å². The summed E-state index contributed by atoms with van der Waals surface area (Å²) in [7, 11) is 6.30. The van der Waals surface area contributed by atoms with Gasteiger partial charge in [-0.05, 0) is 28.1 Å². The molecular weight excluding hydrogens is 164 g/mol. The fourth-order valence-electron chi connectivity index (χ4n) is 1.79. The molecule has 1 heterocycles. The molecule has 0 aliphatic carbocycles. The molecule has 0 aromatic heterocycles. The molecule has 0 spiro atoms. The molecule has 1 unspecified atom stereocenters. The fourth-order valence-corrected chi connectivity index (χ4v) is 1.79. The molecular formula is C9H22N4. The van der Waals surface area contributed by atoms with Gasteiger partial charge in [-0.15, -0.1) is 0 Å².